The molecule has 0 aromatic heterocycles. The molecule has 0 bridgehead atoms. The van der Waals surface area contributed by atoms with Gasteiger partial charge in [-0.3, -0.25) is 4.99 Å². The number of hydrogen-bond donors (Lipinski definition) is 1. The van der Waals surface area contributed by atoms with Crippen molar-refractivity contribution < 1.29 is 9.90 Å². The molecular formula is C9H11NO2. The molecule has 2 rings (SSSR count). The topological polar surface area (TPSA) is 49.7 Å². The van der Waals surface area contributed by atoms with Crippen molar-refractivity contribution in [2.24, 2.45) is 4.99 Å². The first-order valence-electron chi connectivity index (χ1n) is 4.28. The van der Waals surface area contributed by atoms with E-state index < -0.39 is 5.97 Å². The molecule has 3 heteroatoms. The lowest BCUT2D eigenvalue weighted by molar-refractivity contribution is -0.129. The van der Waals surface area contributed by atoms with Crippen LogP contribution in [0.25, 0.3) is 0 Å². The van der Waals surface area contributed by atoms with Crippen molar-refractivity contribution in [3.63, 3.8) is 0 Å². The van der Waals surface area contributed by atoms with Crippen LogP contribution in [-0.4, -0.2) is 23.3 Å². The minimum Gasteiger partial charge on any atom is -0.477 e. The van der Waals surface area contributed by atoms with Gasteiger partial charge in [-0.2, -0.15) is 0 Å². The maximum Gasteiger partial charge on any atom is 0.354 e. The lowest BCUT2D eigenvalue weighted by Gasteiger charge is -2.12. The van der Waals surface area contributed by atoms with E-state index in [-0.39, 0.29) is 0 Å². The molecule has 1 N–H and O–H groups in total. The summed E-state index contributed by atoms with van der Waals surface area (Å²) in [6.45, 7) is 0.636. The molecule has 0 spiro atoms. The number of nitrogens with zero attached hydrogens (tertiary/aromatic N) is 1. The van der Waals surface area contributed by atoms with Gasteiger partial charge in [0, 0.05) is 0 Å². The third-order valence-corrected chi connectivity index (χ3v) is 2.50. The third-order valence-electron chi connectivity index (χ3n) is 2.50. The molecule has 12 heavy (non-hydrogen) atoms. The Kier molecular flexibility index (Phi) is 1.71. The highest BCUT2D eigenvalue weighted by Crippen LogP contribution is 2.29. The van der Waals surface area contributed by atoms with Crippen LogP contribution in [0.15, 0.2) is 16.1 Å². The average Bonchev–Trinajstić information content (AvgIpc) is 2.47. The van der Waals surface area contributed by atoms with E-state index in [1.165, 1.54) is 12.0 Å². The lowest BCUT2D eigenvalue weighted by Crippen LogP contribution is -2.15. The summed E-state index contributed by atoms with van der Waals surface area (Å²) in [5.41, 5.74) is 2.61. The zero-order chi connectivity index (χ0) is 8.55. The van der Waals surface area contributed by atoms with Gasteiger partial charge in [0.2, 0.25) is 0 Å². The van der Waals surface area contributed by atoms with Gasteiger partial charge in [-0.05, 0) is 36.8 Å². The maximum absolute atomic E-state index is 10.7. The molecule has 1 heterocycles. The van der Waals surface area contributed by atoms with Crippen LogP contribution < -0.4 is 0 Å². The molecule has 0 radical (unpaired) electrons. The summed E-state index contributed by atoms with van der Waals surface area (Å²) in [6.07, 6.45) is 4.28. The predicted molar refractivity (Wildman–Crippen MR) is 45.4 cm³/mol. The van der Waals surface area contributed by atoms with Crippen molar-refractivity contribution >= 4 is 11.7 Å². The molecule has 3 nitrogen and oxygen atoms in total. The second-order valence-corrected chi connectivity index (χ2v) is 3.26. The fraction of sp³-hybridized carbons (Fsp3) is 0.556. The number of carboxylic acids is 1. The monoisotopic (exact) mass is 165 g/mol. The molecule has 0 saturated heterocycles. The molecule has 1 aliphatic heterocycles. The highest BCUT2D eigenvalue weighted by atomic mass is 16.4. The van der Waals surface area contributed by atoms with E-state index in [0.29, 0.717) is 12.3 Å². The van der Waals surface area contributed by atoms with Crippen LogP contribution in [0.1, 0.15) is 25.7 Å². The van der Waals surface area contributed by atoms with E-state index in [2.05, 4.69) is 4.99 Å². The zero-order valence-electron chi connectivity index (χ0n) is 6.84. The van der Waals surface area contributed by atoms with E-state index >= 15 is 0 Å². The Morgan fingerprint density at radius 2 is 2.08 bits per heavy atom. The van der Waals surface area contributed by atoms with E-state index in [1.807, 2.05) is 0 Å². The summed E-state index contributed by atoms with van der Waals surface area (Å²) in [5, 5.41) is 8.79. The standard InChI is InChI=1S/C9H11NO2/c11-9(12)8-7-4-2-1-3-6(7)5-10-8/h1-5H2,(H,11,12). The Morgan fingerprint density at radius 3 is 2.83 bits per heavy atom. The van der Waals surface area contributed by atoms with E-state index in [4.69, 9.17) is 5.11 Å². The fourth-order valence-corrected chi connectivity index (χ4v) is 1.89. The molecule has 64 valence electrons. The quantitative estimate of drug-likeness (QED) is 0.638. The average molecular weight is 165 g/mol. The van der Waals surface area contributed by atoms with Gasteiger partial charge in [0.1, 0.15) is 5.71 Å². The summed E-state index contributed by atoms with van der Waals surface area (Å²) in [5.74, 6) is -0.859. The normalized spacial score (nSPS) is 22.2. The first-order chi connectivity index (χ1) is 5.79. The van der Waals surface area contributed by atoms with Gasteiger partial charge >= 0.3 is 5.97 Å². The number of rotatable bonds is 1. The van der Waals surface area contributed by atoms with Crippen LogP contribution in [0, 0.1) is 0 Å². The summed E-state index contributed by atoms with van der Waals surface area (Å²) in [4.78, 5) is 14.7. The maximum atomic E-state index is 10.7. The second-order valence-electron chi connectivity index (χ2n) is 3.26. The van der Waals surface area contributed by atoms with Gasteiger partial charge in [0.15, 0.2) is 0 Å². The Balaban J connectivity index is 2.29. The molecule has 0 aromatic rings. The molecule has 1 aliphatic carbocycles. The van der Waals surface area contributed by atoms with Gasteiger partial charge in [-0.15, -0.1) is 0 Å². The van der Waals surface area contributed by atoms with Crippen molar-refractivity contribution in [1.82, 2.24) is 0 Å². The highest BCUT2D eigenvalue weighted by molar-refractivity contribution is 6.43. The Labute approximate surface area is 70.8 Å². The number of hydrogen-bond acceptors (Lipinski definition) is 2. The minimum atomic E-state index is -0.859. The summed E-state index contributed by atoms with van der Waals surface area (Å²) < 4.78 is 0. The molecule has 0 aromatic carbocycles. The molecule has 2 aliphatic rings. The van der Waals surface area contributed by atoms with E-state index in [1.54, 1.807) is 0 Å². The lowest BCUT2D eigenvalue weighted by atomic mass is 9.91. The van der Waals surface area contributed by atoms with Crippen molar-refractivity contribution in [2.75, 3.05) is 6.54 Å². The third kappa shape index (κ3) is 1.05. The summed E-state index contributed by atoms with van der Waals surface area (Å²) in [6, 6.07) is 0. The van der Waals surface area contributed by atoms with Gasteiger partial charge in [0.25, 0.3) is 0 Å². The number of carbonyl (C=O) groups is 1. The second kappa shape index (κ2) is 2.73. The number of aliphatic carboxylic acids is 1. The molecule has 0 amide bonds. The molecule has 0 fully saturated rings. The molecule has 0 saturated carbocycles. The number of carboxylic acid groups (broad SMARTS) is 1. The van der Waals surface area contributed by atoms with Crippen molar-refractivity contribution in [3.8, 4) is 0 Å². The Bertz CT molecular complexity index is 289. The highest BCUT2D eigenvalue weighted by Gasteiger charge is 2.25. The SMILES string of the molecule is O=C(O)C1=NCC2=C1CCCC2. The van der Waals surface area contributed by atoms with Gasteiger partial charge in [-0.25, -0.2) is 4.79 Å². The Morgan fingerprint density at radius 1 is 1.33 bits per heavy atom. The first-order valence-corrected chi connectivity index (χ1v) is 4.28. The predicted octanol–water partition coefficient (Wildman–Crippen LogP) is 1.40. The molecule has 0 atom stereocenters. The van der Waals surface area contributed by atoms with Crippen LogP contribution in [-0.2, 0) is 4.79 Å². The summed E-state index contributed by atoms with van der Waals surface area (Å²) in [7, 11) is 0. The van der Waals surface area contributed by atoms with Crippen LogP contribution in [0.5, 0.6) is 0 Å². The Hall–Kier alpha value is -1.12. The largest absolute Gasteiger partial charge is 0.477 e. The van der Waals surface area contributed by atoms with Crippen LogP contribution in [0.3, 0.4) is 0 Å². The van der Waals surface area contributed by atoms with Crippen LogP contribution in [0.2, 0.25) is 0 Å². The van der Waals surface area contributed by atoms with Crippen LogP contribution >= 0.6 is 0 Å². The van der Waals surface area contributed by atoms with Crippen LogP contribution in [0.4, 0.5) is 0 Å². The first kappa shape index (κ1) is 7.53. The van der Waals surface area contributed by atoms with Gasteiger partial charge < -0.3 is 5.11 Å². The smallest absolute Gasteiger partial charge is 0.354 e. The van der Waals surface area contributed by atoms with E-state index in [9.17, 15) is 4.79 Å². The fourth-order valence-electron chi connectivity index (χ4n) is 1.89. The van der Waals surface area contributed by atoms with E-state index in [0.717, 1.165) is 24.8 Å². The van der Waals surface area contributed by atoms with Crippen molar-refractivity contribution in [1.29, 1.82) is 0 Å². The van der Waals surface area contributed by atoms with Gasteiger partial charge in [-0.1, -0.05) is 0 Å². The van der Waals surface area contributed by atoms with Crippen molar-refractivity contribution in [2.45, 2.75) is 25.7 Å². The van der Waals surface area contributed by atoms with Crippen molar-refractivity contribution in [3.05, 3.63) is 11.1 Å². The number of aliphatic imine (C=N–C) groups is 1. The molecular weight excluding hydrogens is 154 g/mol. The summed E-state index contributed by atoms with van der Waals surface area (Å²) >= 11 is 0. The molecule has 0 unspecified atom stereocenters. The minimum absolute atomic E-state index is 0.324. The zero-order valence-corrected chi connectivity index (χ0v) is 6.84. The van der Waals surface area contributed by atoms with Gasteiger partial charge in [0.05, 0.1) is 6.54 Å².